The van der Waals surface area contributed by atoms with Crippen LogP contribution >= 0.6 is 0 Å². The van der Waals surface area contributed by atoms with Gasteiger partial charge in [0, 0.05) is 19.1 Å². The fraction of sp³-hybridized carbons (Fsp3) is 1.00. The van der Waals surface area contributed by atoms with Crippen molar-refractivity contribution >= 4 is 0 Å². The number of hydrogen-bond donors (Lipinski definition) is 0. The lowest BCUT2D eigenvalue weighted by molar-refractivity contribution is -0.234. The molecule has 1 aliphatic heterocycles. The van der Waals surface area contributed by atoms with Crippen LogP contribution in [-0.2, 0) is 14.2 Å². The van der Waals surface area contributed by atoms with Crippen LogP contribution in [-0.4, -0.2) is 33.2 Å². The van der Waals surface area contributed by atoms with Gasteiger partial charge >= 0.3 is 0 Å². The lowest BCUT2D eigenvalue weighted by Crippen LogP contribution is -2.45. The number of methoxy groups -OCH3 is 1. The van der Waals surface area contributed by atoms with Crippen molar-refractivity contribution in [3.63, 3.8) is 0 Å². The molecule has 3 nitrogen and oxygen atoms in total. The Kier molecular flexibility index (Phi) is 4.35. The molecule has 1 heterocycles. The van der Waals surface area contributed by atoms with Crippen LogP contribution in [0.1, 0.15) is 27.2 Å². The maximum Gasteiger partial charge on any atom is 0.154 e. The zero-order valence-corrected chi connectivity index (χ0v) is 9.71. The monoisotopic (exact) mass is 202 g/mol. The largest absolute Gasteiger partial charge is 0.385 e. The third-order valence-corrected chi connectivity index (χ3v) is 3.24. The van der Waals surface area contributed by atoms with Crippen molar-refractivity contribution in [2.45, 2.75) is 33.5 Å². The minimum absolute atomic E-state index is 0.0515. The van der Waals surface area contributed by atoms with Gasteiger partial charge in [-0.2, -0.15) is 0 Å². The molecule has 0 N–H and O–H groups in total. The molecule has 0 saturated carbocycles. The molecule has 1 fully saturated rings. The third kappa shape index (κ3) is 2.69. The lowest BCUT2D eigenvalue weighted by atomic mass is 9.75. The van der Waals surface area contributed by atoms with Crippen LogP contribution < -0.4 is 0 Å². The highest BCUT2D eigenvalue weighted by atomic mass is 16.7. The summed E-state index contributed by atoms with van der Waals surface area (Å²) < 4.78 is 16.3. The van der Waals surface area contributed by atoms with E-state index in [1.165, 1.54) is 0 Å². The molecule has 1 saturated heterocycles. The van der Waals surface area contributed by atoms with E-state index in [9.17, 15) is 0 Å². The highest BCUT2D eigenvalue weighted by Crippen LogP contribution is 2.35. The van der Waals surface area contributed by atoms with Gasteiger partial charge in [-0.3, -0.25) is 0 Å². The first-order chi connectivity index (χ1) is 6.60. The van der Waals surface area contributed by atoms with Crippen molar-refractivity contribution in [3.05, 3.63) is 0 Å². The highest BCUT2D eigenvalue weighted by molar-refractivity contribution is 4.84. The summed E-state index contributed by atoms with van der Waals surface area (Å²) in [5, 5.41) is 0. The summed E-state index contributed by atoms with van der Waals surface area (Å²) in [5.74, 6) is 0.560. The van der Waals surface area contributed by atoms with Gasteiger partial charge in [0.05, 0.1) is 13.2 Å². The zero-order chi connectivity index (χ0) is 10.6. The van der Waals surface area contributed by atoms with E-state index < -0.39 is 0 Å². The fourth-order valence-corrected chi connectivity index (χ4v) is 1.73. The van der Waals surface area contributed by atoms with Crippen molar-refractivity contribution in [2.75, 3.05) is 26.9 Å². The van der Waals surface area contributed by atoms with E-state index in [4.69, 9.17) is 14.2 Å². The van der Waals surface area contributed by atoms with Crippen LogP contribution in [0.5, 0.6) is 0 Å². The van der Waals surface area contributed by atoms with E-state index in [0.29, 0.717) is 5.92 Å². The maximum atomic E-state index is 5.57. The molecule has 0 radical (unpaired) electrons. The van der Waals surface area contributed by atoms with Crippen LogP contribution in [0.15, 0.2) is 0 Å². The number of hydrogen-bond acceptors (Lipinski definition) is 3. The van der Waals surface area contributed by atoms with Crippen LogP contribution in [0.3, 0.4) is 0 Å². The number of rotatable bonds is 4. The zero-order valence-electron chi connectivity index (χ0n) is 9.71. The second-order valence-corrected chi connectivity index (χ2v) is 4.45. The maximum absolute atomic E-state index is 5.57. The SMILES string of the molecule is COCCC1(C(C)C)COC(C)OC1. The molecule has 1 aliphatic rings. The van der Waals surface area contributed by atoms with Gasteiger partial charge in [0.2, 0.25) is 0 Å². The second-order valence-electron chi connectivity index (χ2n) is 4.45. The van der Waals surface area contributed by atoms with Crippen molar-refractivity contribution in [1.82, 2.24) is 0 Å². The molecule has 3 heteroatoms. The summed E-state index contributed by atoms with van der Waals surface area (Å²) in [4.78, 5) is 0. The standard InChI is InChI=1S/C11H22O3/c1-9(2)11(5-6-12-4)7-13-10(3)14-8-11/h9-10H,5-8H2,1-4H3. The Balaban J connectivity index is 2.54. The predicted molar refractivity (Wildman–Crippen MR) is 55.1 cm³/mol. The van der Waals surface area contributed by atoms with Crippen molar-refractivity contribution in [2.24, 2.45) is 11.3 Å². The van der Waals surface area contributed by atoms with E-state index in [1.807, 2.05) is 6.92 Å². The third-order valence-electron chi connectivity index (χ3n) is 3.24. The van der Waals surface area contributed by atoms with Gasteiger partial charge < -0.3 is 14.2 Å². The van der Waals surface area contributed by atoms with Crippen LogP contribution in [0, 0.1) is 11.3 Å². The molecule has 0 unspecified atom stereocenters. The van der Waals surface area contributed by atoms with Gasteiger partial charge in [0.25, 0.3) is 0 Å². The molecule has 1 rings (SSSR count). The van der Waals surface area contributed by atoms with Crippen LogP contribution in [0.25, 0.3) is 0 Å². The minimum atomic E-state index is -0.0515. The quantitative estimate of drug-likeness (QED) is 0.698. The molecule has 0 bridgehead atoms. The molecule has 0 aromatic rings. The van der Waals surface area contributed by atoms with Gasteiger partial charge in [0.1, 0.15) is 0 Å². The van der Waals surface area contributed by atoms with Gasteiger partial charge in [-0.25, -0.2) is 0 Å². The van der Waals surface area contributed by atoms with Crippen LogP contribution in [0.4, 0.5) is 0 Å². The van der Waals surface area contributed by atoms with E-state index in [1.54, 1.807) is 7.11 Å². The Labute approximate surface area is 86.7 Å². The summed E-state index contributed by atoms with van der Waals surface area (Å²) >= 11 is 0. The van der Waals surface area contributed by atoms with Gasteiger partial charge in [0.15, 0.2) is 6.29 Å². The minimum Gasteiger partial charge on any atom is -0.385 e. The Hall–Kier alpha value is -0.120. The predicted octanol–water partition coefficient (Wildman–Crippen LogP) is 2.06. The molecule has 0 atom stereocenters. The van der Waals surface area contributed by atoms with Gasteiger partial charge in [-0.15, -0.1) is 0 Å². The number of ether oxygens (including phenoxy) is 3. The molecule has 14 heavy (non-hydrogen) atoms. The Morgan fingerprint density at radius 1 is 1.36 bits per heavy atom. The van der Waals surface area contributed by atoms with E-state index in [2.05, 4.69) is 13.8 Å². The van der Waals surface area contributed by atoms with E-state index in [-0.39, 0.29) is 11.7 Å². The Morgan fingerprint density at radius 2 is 1.93 bits per heavy atom. The average Bonchev–Trinajstić information content (AvgIpc) is 2.17. The lowest BCUT2D eigenvalue weighted by Gasteiger charge is -2.42. The van der Waals surface area contributed by atoms with Crippen molar-refractivity contribution in [1.29, 1.82) is 0 Å². The van der Waals surface area contributed by atoms with Crippen molar-refractivity contribution in [3.8, 4) is 0 Å². The molecular formula is C11H22O3. The molecule has 84 valence electrons. The summed E-state index contributed by atoms with van der Waals surface area (Å²) in [5.41, 5.74) is 0.141. The average molecular weight is 202 g/mol. The first-order valence-electron chi connectivity index (χ1n) is 5.33. The first-order valence-corrected chi connectivity index (χ1v) is 5.33. The molecule has 0 aromatic carbocycles. The highest BCUT2D eigenvalue weighted by Gasteiger charge is 2.38. The smallest absolute Gasteiger partial charge is 0.154 e. The summed E-state index contributed by atoms with van der Waals surface area (Å²) in [6.45, 7) is 8.74. The Bertz CT molecular complexity index is 154. The summed E-state index contributed by atoms with van der Waals surface area (Å²) in [6, 6.07) is 0. The first kappa shape index (κ1) is 12.0. The normalized spacial score (nSPS) is 33.6. The molecule has 0 amide bonds. The van der Waals surface area contributed by atoms with E-state index in [0.717, 1.165) is 26.2 Å². The van der Waals surface area contributed by atoms with Gasteiger partial charge in [-0.1, -0.05) is 13.8 Å². The Morgan fingerprint density at radius 3 is 2.36 bits per heavy atom. The summed E-state index contributed by atoms with van der Waals surface area (Å²) in [7, 11) is 1.74. The van der Waals surface area contributed by atoms with Crippen LogP contribution in [0.2, 0.25) is 0 Å². The molecular weight excluding hydrogens is 180 g/mol. The molecule has 0 aliphatic carbocycles. The van der Waals surface area contributed by atoms with Gasteiger partial charge in [-0.05, 0) is 19.3 Å². The molecule has 0 spiro atoms. The van der Waals surface area contributed by atoms with Crippen molar-refractivity contribution < 1.29 is 14.2 Å². The fourth-order valence-electron chi connectivity index (χ4n) is 1.73. The topological polar surface area (TPSA) is 27.7 Å². The van der Waals surface area contributed by atoms with E-state index >= 15 is 0 Å². The summed E-state index contributed by atoms with van der Waals surface area (Å²) in [6.07, 6.45) is 0.956. The second kappa shape index (κ2) is 5.10. The molecule has 0 aromatic heterocycles.